The second-order valence-electron chi connectivity index (χ2n) is 5.12. The summed E-state index contributed by atoms with van der Waals surface area (Å²) in [5.74, 6) is -0.446. The van der Waals surface area contributed by atoms with Crippen LogP contribution in [-0.4, -0.2) is 35.1 Å². The predicted molar refractivity (Wildman–Crippen MR) is 80.1 cm³/mol. The number of rotatable bonds is 4. The van der Waals surface area contributed by atoms with Crippen molar-refractivity contribution in [2.24, 2.45) is 5.92 Å². The number of hydrogen-bond acceptors (Lipinski definition) is 2. The molecular weight excluding hydrogens is 324 g/mol. The van der Waals surface area contributed by atoms with Crippen LogP contribution in [0.3, 0.4) is 0 Å². The van der Waals surface area contributed by atoms with Crippen LogP contribution in [0.1, 0.15) is 30.1 Å². The quantitative estimate of drug-likeness (QED) is 0.882. The number of halogens is 1. The molecular formula is C14H17BrN2O3. The van der Waals surface area contributed by atoms with Crippen molar-refractivity contribution < 1.29 is 14.7 Å². The molecule has 0 aliphatic heterocycles. The Hall–Kier alpha value is -1.56. The normalized spacial score (nSPS) is 15.6. The molecule has 0 radical (unpaired) electrons. The van der Waals surface area contributed by atoms with Gasteiger partial charge in [0.2, 0.25) is 0 Å². The van der Waals surface area contributed by atoms with E-state index in [0.29, 0.717) is 16.1 Å². The van der Waals surface area contributed by atoms with Gasteiger partial charge >= 0.3 is 12.0 Å². The monoisotopic (exact) mass is 340 g/mol. The largest absolute Gasteiger partial charge is 0.478 e. The highest BCUT2D eigenvalue weighted by atomic mass is 79.9. The molecule has 20 heavy (non-hydrogen) atoms. The third kappa shape index (κ3) is 3.30. The molecule has 2 rings (SSSR count). The molecule has 0 aromatic heterocycles. The van der Waals surface area contributed by atoms with E-state index in [-0.39, 0.29) is 17.6 Å². The number of nitrogens with one attached hydrogen (secondary N) is 1. The first kappa shape index (κ1) is 14.8. The van der Waals surface area contributed by atoms with Crippen LogP contribution < -0.4 is 5.32 Å². The van der Waals surface area contributed by atoms with Crippen LogP contribution in [0.5, 0.6) is 0 Å². The number of benzene rings is 1. The number of carboxylic acids is 1. The molecule has 1 aromatic carbocycles. The van der Waals surface area contributed by atoms with Crippen molar-refractivity contribution in [3.8, 4) is 0 Å². The first-order chi connectivity index (χ1) is 9.40. The van der Waals surface area contributed by atoms with Gasteiger partial charge in [0.15, 0.2) is 0 Å². The molecule has 1 saturated carbocycles. The highest BCUT2D eigenvalue weighted by Crippen LogP contribution is 2.34. The molecule has 1 aliphatic carbocycles. The number of amides is 2. The molecule has 1 atom stereocenters. The summed E-state index contributed by atoms with van der Waals surface area (Å²) in [5.41, 5.74) is 0.603. The Kier molecular flexibility index (Phi) is 4.32. The molecule has 5 nitrogen and oxygen atoms in total. The van der Waals surface area contributed by atoms with E-state index in [9.17, 15) is 9.59 Å². The minimum Gasteiger partial charge on any atom is -0.478 e. The molecule has 0 saturated heterocycles. The third-order valence-electron chi connectivity index (χ3n) is 3.68. The van der Waals surface area contributed by atoms with Gasteiger partial charge in [-0.05, 0) is 59.8 Å². The van der Waals surface area contributed by atoms with Gasteiger partial charge < -0.3 is 15.3 Å². The zero-order valence-corrected chi connectivity index (χ0v) is 13.0. The van der Waals surface area contributed by atoms with Crippen molar-refractivity contribution in [1.29, 1.82) is 0 Å². The van der Waals surface area contributed by atoms with Crippen molar-refractivity contribution in [2.75, 3.05) is 12.4 Å². The Morgan fingerprint density at radius 1 is 1.45 bits per heavy atom. The molecule has 1 aliphatic rings. The van der Waals surface area contributed by atoms with E-state index in [4.69, 9.17) is 5.11 Å². The number of hydrogen-bond donors (Lipinski definition) is 2. The highest BCUT2D eigenvalue weighted by Gasteiger charge is 2.32. The number of nitrogens with zero attached hydrogens (tertiary/aromatic N) is 1. The maximum absolute atomic E-state index is 12.1. The maximum atomic E-state index is 12.1. The zero-order valence-electron chi connectivity index (χ0n) is 11.4. The Bertz CT molecular complexity index is 543. The van der Waals surface area contributed by atoms with E-state index in [2.05, 4.69) is 21.2 Å². The van der Waals surface area contributed by atoms with E-state index in [1.165, 1.54) is 18.9 Å². The van der Waals surface area contributed by atoms with E-state index in [0.717, 1.165) is 0 Å². The molecule has 0 spiro atoms. The van der Waals surface area contributed by atoms with E-state index >= 15 is 0 Å². The Labute approximate surface area is 126 Å². The second-order valence-corrected chi connectivity index (χ2v) is 5.97. The Morgan fingerprint density at radius 2 is 2.10 bits per heavy atom. The van der Waals surface area contributed by atoms with Gasteiger partial charge in [-0.15, -0.1) is 0 Å². The minimum atomic E-state index is -1.03. The molecule has 1 fully saturated rings. The summed E-state index contributed by atoms with van der Waals surface area (Å²) < 4.78 is 0.489. The zero-order chi connectivity index (χ0) is 14.9. The summed E-state index contributed by atoms with van der Waals surface area (Å²) in [5, 5.41) is 11.8. The van der Waals surface area contributed by atoms with E-state index in [1.807, 2.05) is 6.92 Å². The summed E-state index contributed by atoms with van der Waals surface area (Å²) in [6, 6.07) is 4.71. The lowest BCUT2D eigenvalue weighted by Gasteiger charge is -2.25. The minimum absolute atomic E-state index is 0.126. The van der Waals surface area contributed by atoms with Gasteiger partial charge in [-0.2, -0.15) is 0 Å². The van der Waals surface area contributed by atoms with Gasteiger partial charge in [0.05, 0.1) is 5.56 Å². The third-order valence-corrected chi connectivity index (χ3v) is 4.38. The summed E-state index contributed by atoms with van der Waals surface area (Å²) in [7, 11) is 1.76. The average Bonchev–Trinajstić information content (AvgIpc) is 3.23. The van der Waals surface area contributed by atoms with Crippen LogP contribution in [0.2, 0.25) is 0 Å². The fourth-order valence-electron chi connectivity index (χ4n) is 2.06. The first-order valence-corrected chi connectivity index (χ1v) is 7.26. The van der Waals surface area contributed by atoms with Crippen molar-refractivity contribution in [1.82, 2.24) is 4.90 Å². The van der Waals surface area contributed by atoms with Crippen LogP contribution in [0.25, 0.3) is 0 Å². The second kappa shape index (κ2) is 5.83. The van der Waals surface area contributed by atoms with E-state index < -0.39 is 5.97 Å². The van der Waals surface area contributed by atoms with Crippen LogP contribution in [0, 0.1) is 5.92 Å². The summed E-state index contributed by atoms with van der Waals surface area (Å²) in [4.78, 5) is 24.8. The standard InChI is InChI=1S/C14H17BrN2O3/c1-8(9-3-4-9)17(2)14(20)16-10-5-6-12(15)11(7-10)13(18)19/h5-9H,3-4H2,1-2H3,(H,16,20)(H,18,19). The number of anilines is 1. The number of carbonyl (C=O) groups is 2. The highest BCUT2D eigenvalue weighted by molar-refractivity contribution is 9.10. The SMILES string of the molecule is CC(C1CC1)N(C)C(=O)Nc1ccc(Br)c(C(=O)O)c1. The topological polar surface area (TPSA) is 69.6 Å². The molecule has 0 heterocycles. The molecule has 2 amide bonds. The Balaban J connectivity index is 2.07. The number of carbonyl (C=O) groups excluding carboxylic acids is 1. The smallest absolute Gasteiger partial charge is 0.336 e. The van der Waals surface area contributed by atoms with Crippen LogP contribution >= 0.6 is 15.9 Å². The van der Waals surface area contributed by atoms with Gasteiger partial charge in [0.25, 0.3) is 0 Å². The van der Waals surface area contributed by atoms with E-state index in [1.54, 1.807) is 24.1 Å². The number of aromatic carboxylic acids is 1. The van der Waals surface area contributed by atoms with Crippen LogP contribution in [-0.2, 0) is 0 Å². The summed E-state index contributed by atoms with van der Waals surface area (Å²) in [6.07, 6.45) is 2.33. The van der Waals surface area contributed by atoms with Gasteiger partial charge in [-0.1, -0.05) is 0 Å². The summed E-state index contributed by atoms with van der Waals surface area (Å²) in [6.45, 7) is 2.03. The molecule has 1 unspecified atom stereocenters. The van der Waals surface area contributed by atoms with Gasteiger partial charge in [0.1, 0.15) is 0 Å². The fourth-order valence-corrected chi connectivity index (χ4v) is 2.47. The lowest BCUT2D eigenvalue weighted by Crippen LogP contribution is -2.39. The van der Waals surface area contributed by atoms with Crippen molar-refractivity contribution >= 4 is 33.6 Å². The predicted octanol–water partition coefficient (Wildman–Crippen LogP) is 3.41. The number of carboxylic acid groups (broad SMARTS) is 1. The van der Waals surface area contributed by atoms with Crippen molar-refractivity contribution in [3.63, 3.8) is 0 Å². The maximum Gasteiger partial charge on any atom is 0.336 e. The molecule has 1 aromatic rings. The van der Waals surface area contributed by atoms with Crippen molar-refractivity contribution in [2.45, 2.75) is 25.8 Å². The summed E-state index contributed by atoms with van der Waals surface area (Å²) >= 11 is 3.17. The first-order valence-electron chi connectivity index (χ1n) is 6.47. The lowest BCUT2D eigenvalue weighted by atomic mass is 10.2. The molecule has 2 N–H and O–H groups in total. The van der Waals surface area contributed by atoms with Gasteiger partial charge in [0, 0.05) is 23.2 Å². The van der Waals surface area contributed by atoms with Gasteiger partial charge in [-0.25, -0.2) is 9.59 Å². The van der Waals surface area contributed by atoms with Crippen molar-refractivity contribution in [3.05, 3.63) is 28.2 Å². The fraction of sp³-hybridized carbons (Fsp3) is 0.429. The lowest BCUT2D eigenvalue weighted by molar-refractivity contribution is 0.0696. The van der Waals surface area contributed by atoms with Crippen LogP contribution in [0.4, 0.5) is 10.5 Å². The molecule has 0 bridgehead atoms. The van der Waals surface area contributed by atoms with Crippen LogP contribution in [0.15, 0.2) is 22.7 Å². The molecule has 6 heteroatoms. The van der Waals surface area contributed by atoms with Gasteiger partial charge in [-0.3, -0.25) is 0 Å². The average molecular weight is 341 g/mol. The number of urea groups is 1. The molecule has 108 valence electrons. The Morgan fingerprint density at radius 3 is 2.65 bits per heavy atom.